The van der Waals surface area contributed by atoms with Crippen molar-refractivity contribution in [2.75, 3.05) is 26.2 Å². The molecule has 0 saturated carbocycles. The van der Waals surface area contributed by atoms with Gasteiger partial charge >= 0.3 is 11.8 Å². The molecule has 0 aromatic carbocycles. The van der Waals surface area contributed by atoms with Gasteiger partial charge in [-0.3, -0.25) is 9.59 Å². The molecule has 6 nitrogen and oxygen atoms in total. The first kappa shape index (κ1) is 13.9. The molecule has 1 rings (SSSR count). The van der Waals surface area contributed by atoms with Gasteiger partial charge in [0.05, 0.1) is 5.60 Å². The zero-order chi connectivity index (χ0) is 12.9. The first-order valence-corrected chi connectivity index (χ1v) is 5.96. The quantitative estimate of drug-likeness (QED) is 0.532. The van der Waals surface area contributed by atoms with Crippen molar-refractivity contribution in [1.82, 2.24) is 10.2 Å². The summed E-state index contributed by atoms with van der Waals surface area (Å²) in [7, 11) is 0. The molecule has 0 aromatic rings. The number of carbonyl (C=O) groups is 2. The summed E-state index contributed by atoms with van der Waals surface area (Å²) < 4.78 is 0. The molecule has 1 heterocycles. The molecular weight excluding hydrogens is 222 g/mol. The lowest BCUT2D eigenvalue weighted by atomic mass is 9.98. The van der Waals surface area contributed by atoms with E-state index in [0.29, 0.717) is 45.4 Å². The highest BCUT2D eigenvalue weighted by molar-refractivity contribution is 6.35. The molecule has 98 valence electrons. The van der Waals surface area contributed by atoms with E-state index in [-0.39, 0.29) is 0 Å². The fourth-order valence-electron chi connectivity index (χ4n) is 1.87. The van der Waals surface area contributed by atoms with Crippen LogP contribution in [0.5, 0.6) is 0 Å². The summed E-state index contributed by atoms with van der Waals surface area (Å²) in [6.45, 7) is 3.31. The highest BCUT2D eigenvalue weighted by atomic mass is 16.3. The topological polar surface area (TPSA) is 95.7 Å². The fraction of sp³-hybridized carbons (Fsp3) is 0.818. The molecule has 4 N–H and O–H groups in total. The number of carbonyl (C=O) groups excluding carboxylic acids is 2. The molecule has 1 aliphatic rings. The summed E-state index contributed by atoms with van der Waals surface area (Å²) in [5.41, 5.74) is 4.51. The predicted octanol–water partition coefficient (Wildman–Crippen LogP) is -1.18. The van der Waals surface area contributed by atoms with Crippen LogP contribution in [0.2, 0.25) is 0 Å². The second kappa shape index (κ2) is 5.97. The fourth-order valence-corrected chi connectivity index (χ4v) is 1.87. The van der Waals surface area contributed by atoms with Crippen molar-refractivity contribution in [2.45, 2.75) is 31.8 Å². The molecule has 6 heteroatoms. The van der Waals surface area contributed by atoms with Crippen molar-refractivity contribution in [3.8, 4) is 0 Å². The third-order valence-electron chi connectivity index (χ3n) is 2.98. The van der Waals surface area contributed by atoms with E-state index in [1.165, 1.54) is 4.90 Å². The van der Waals surface area contributed by atoms with Gasteiger partial charge in [0.2, 0.25) is 0 Å². The summed E-state index contributed by atoms with van der Waals surface area (Å²) in [4.78, 5) is 24.7. The van der Waals surface area contributed by atoms with Gasteiger partial charge in [0.25, 0.3) is 0 Å². The normalized spacial score (nSPS) is 25.2. The van der Waals surface area contributed by atoms with E-state index >= 15 is 0 Å². The standard InChI is InChI=1S/C11H21N3O3/c1-11(17)3-2-7-14(8-4-11)10(16)9(15)13-6-5-12/h17H,2-8,12H2,1H3,(H,13,15). The molecule has 0 spiro atoms. The monoisotopic (exact) mass is 243 g/mol. The van der Waals surface area contributed by atoms with Gasteiger partial charge in [-0.15, -0.1) is 0 Å². The maximum atomic E-state index is 11.8. The van der Waals surface area contributed by atoms with Gasteiger partial charge in [0, 0.05) is 26.2 Å². The van der Waals surface area contributed by atoms with Gasteiger partial charge in [-0.05, 0) is 26.2 Å². The molecule has 1 atom stereocenters. The third-order valence-corrected chi connectivity index (χ3v) is 2.98. The van der Waals surface area contributed by atoms with Crippen LogP contribution in [-0.4, -0.2) is 53.6 Å². The number of nitrogens with zero attached hydrogens (tertiary/aromatic N) is 1. The van der Waals surface area contributed by atoms with E-state index in [4.69, 9.17) is 5.73 Å². The van der Waals surface area contributed by atoms with Gasteiger partial charge in [-0.1, -0.05) is 0 Å². The van der Waals surface area contributed by atoms with Crippen LogP contribution in [0.15, 0.2) is 0 Å². The number of hydrogen-bond acceptors (Lipinski definition) is 4. The van der Waals surface area contributed by atoms with E-state index in [1.54, 1.807) is 6.92 Å². The Hall–Kier alpha value is -1.14. The Balaban J connectivity index is 2.49. The Labute approximate surface area is 101 Å². The second-order valence-corrected chi connectivity index (χ2v) is 4.69. The summed E-state index contributed by atoms with van der Waals surface area (Å²) >= 11 is 0. The van der Waals surface area contributed by atoms with Crippen LogP contribution >= 0.6 is 0 Å². The SMILES string of the molecule is CC1(O)CCCN(C(=O)C(=O)NCCN)CC1. The Morgan fingerprint density at radius 2 is 2.12 bits per heavy atom. The molecule has 0 radical (unpaired) electrons. The summed E-state index contributed by atoms with van der Waals surface area (Å²) in [6.07, 6.45) is 1.87. The number of rotatable bonds is 2. The minimum absolute atomic E-state index is 0.302. The zero-order valence-electron chi connectivity index (χ0n) is 10.2. The molecule has 1 fully saturated rings. The molecule has 1 aliphatic heterocycles. The van der Waals surface area contributed by atoms with Crippen LogP contribution in [0.4, 0.5) is 0 Å². The predicted molar refractivity (Wildman–Crippen MR) is 63.1 cm³/mol. The summed E-state index contributed by atoms with van der Waals surface area (Å²) in [5, 5.41) is 12.3. The van der Waals surface area contributed by atoms with E-state index in [9.17, 15) is 14.7 Å². The van der Waals surface area contributed by atoms with Crippen molar-refractivity contribution < 1.29 is 14.7 Å². The van der Waals surface area contributed by atoms with Gasteiger partial charge in [0.15, 0.2) is 0 Å². The smallest absolute Gasteiger partial charge is 0.311 e. The van der Waals surface area contributed by atoms with Gasteiger partial charge in [-0.2, -0.15) is 0 Å². The average Bonchev–Trinajstić information content (AvgIpc) is 2.46. The van der Waals surface area contributed by atoms with Crippen molar-refractivity contribution in [1.29, 1.82) is 0 Å². The van der Waals surface area contributed by atoms with Crippen LogP contribution in [0.25, 0.3) is 0 Å². The number of nitrogens with one attached hydrogen (secondary N) is 1. The number of aliphatic hydroxyl groups is 1. The van der Waals surface area contributed by atoms with Gasteiger partial charge in [-0.25, -0.2) is 0 Å². The molecule has 1 unspecified atom stereocenters. The van der Waals surface area contributed by atoms with Crippen LogP contribution in [0.3, 0.4) is 0 Å². The highest BCUT2D eigenvalue weighted by Gasteiger charge is 2.29. The first-order chi connectivity index (χ1) is 7.96. The van der Waals surface area contributed by atoms with Gasteiger partial charge < -0.3 is 21.1 Å². The Morgan fingerprint density at radius 1 is 1.41 bits per heavy atom. The van der Waals surface area contributed by atoms with Crippen molar-refractivity contribution in [3.05, 3.63) is 0 Å². The van der Waals surface area contributed by atoms with Gasteiger partial charge in [0.1, 0.15) is 0 Å². The summed E-state index contributed by atoms with van der Waals surface area (Å²) in [6, 6.07) is 0. The Bertz CT molecular complexity index is 292. The maximum absolute atomic E-state index is 11.8. The molecular formula is C11H21N3O3. The lowest BCUT2D eigenvalue weighted by Gasteiger charge is -2.22. The first-order valence-electron chi connectivity index (χ1n) is 5.96. The van der Waals surface area contributed by atoms with E-state index < -0.39 is 17.4 Å². The van der Waals surface area contributed by atoms with Crippen LogP contribution in [0, 0.1) is 0 Å². The maximum Gasteiger partial charge on any atom is 0.311 e. The van der Waals surface area contributed by atoms with Crippen molar-refractivity contribution in [2.24, 2.45) is 5.73 Å². The van der Waals surface area contributed by atoms with E-state index in [0.717, 1.165) is 0 Å². The summed E-state index contributed by atoms with van der Waals surface area (Å²) in [5.74, 6) is -1.15. The van der Waals surface area contributed by atoms with Crippen LogP contribution < -0.4 is 11.1 Å². The molecule has 0 aromatic heterocycles. The average molecular weight is 243 g/mol. The Kier molecular flexibility index (Phi) is 4.89. The zero-order valence-corrected chi connectivity index (χ0v) is 10.2. The molecule has 2 amide bonds. The van der Waals surface area contributed by atoms with Crippen molar-refractivity contribution in [3.63, 3.8) is 0 Å². The lowest BCUT2D eigenvalue weighted by molar-refractivity contribution is -0.145. The lowest BCUT2D eigenvalue weighted by Crippen LogP contribution is -2.45. The number of hydrogen-bond donors (Lipinski definition) is 3. The van der Waals surface area contributed by atoms with E-state index in [1.807, 2.05) is 0 Å². The number of likely N-dealkylation sites (tertiary alicyclic amines) is 1. The van der Waals surface area contributed by atoms with Crippen LogP contribution in [-0.2, 0) is 9.59 Å². The second-order valence-electron chi connectivity index (χ2n) is 4.69. The minimum Gasteiger partial charge on any atom is -0.390 e. The molecule has 0 aliphatic carbocycles. The Morgan fingerprint density at radius 3 is 2.76 bits per heavy atom. The molecule has 1 saturated heterocycles. The van der Waals surface area contributed by atoms with Crippen molar-refractivity contribution >= 4 is 11.8 Å². The largest absolute Gasteiger partial charge is 0.390 e. The molecule has 0 bridgehead atoms. The molecule has 17 heavy (non-hydrogen) atoms. The number of amides is 2. The number of nitrogens with two attached hydrogens (primary N) is 1. The highest BCUT2D eigenvalue weighted by Crippen LogP contribution is 2.21. The minimum atomic E-state index is -0.733. The third kappa shape index (κ3) is 4.32. The van der Waals surface area contributed by atoms with Crippen LogP contribution in [0.1, 0.15) is 26.2 Å². The van der Waals surface area contributed by atoms with E-state index in [2.05, 4.69) is 5.32 Å².